The van der Waals surface area contributed by atoms with E-state index in [1.165, 1.54) is 11.1 Å². The highest BCUT2D eigenvalue weighted by Crippen LogP contribution is 2.23. The zero-order valence-corrected chi connectivity index (χ0v) is 15.9. The van der Waals surface area contributed by atoms with Crippen LogP contribution in [0.4, 0.5) is 5.82 Å². The van der Waals surface area contributed by atoms with Crippen molar-refractivity contribution in [3.63, 3.8) is 0 Å². The minimum absolute atomic E-state index is 0.253. The van der Waals surface area contributed by atoms with Gasteiger partial charge in [-0.2, -0.15) is 5.10 Å². The lowest BCUT2D eigenvalue weighted by atomic mass is 9.93. The number of aromatic amines is 1. The SMILES string of the molecule is CN1CC[C@@](O)(C#Cc2ccnc(NC(=O)c3n[nH]c4c3CC[C@H](O)C4)c2)C1=O. The first-order chi connectivity index (χ1) is 13.9. The summed E-state index contributed by atoms with van der Waals surface area (Å²) in [6.45, 7) is 0.451. The van der Waals surface area contributed by atoms with Gasteiger partial charge in [-0.05, 0) is 25.0 Å². The summed E-state index contributed by atoms with van der Waals surface area (Å²) in [7, 11) is 1.62. The summed E-state index contributed by atoms with van der Waals surface area (Å²) >= 11 is 0. The van der Waals surface area contributed by atoms with Crippen molar-refractivity contribution < 1.29 is 19.8 Å². The third kappa shape index (κ3) is 3.72. The highest BCUT2D eigenvalue weighted by molar-refractivity contribution is 6.03. The molecule has 1 fully saturated rings. The number of likely N-dealkylation sites (tertiary alicyclic amines) is 1. The van der Waals surface area contributed by atoms with Crippen molar-refractivity contribution in [1.82, 2.24) is 20.1 Å². The number of hydrogen-bond acceptors (Lipinski definition) is 6. The maximum atomic E-state index is 12.6. The van der Waals surface area contributed by atoms with Crippen LogP contribution in [0, 0.1) is 11.8 Å². The number of nitrogens with zero attached hydrogens (tertiary/aromatic N) is 3. The summed E-state index contributed by atoms with van der Waals surface area (Å²) in [4.78, 5) is 30.2. The summed E-state index contributed by atoms with van der Waals surface area (Å²) in [6.07, 6.45) is 2.95. The molecule has 9 heteroatoms. The number of aromatic nitrogens is 3. The lowest BCUT2D eigenvalue weighted by molar-refractivity contribution is -0.137. The number of H-pyrrole nitrogens is 1. The second-order valence-electron chi connectivity index (χ2n) is 7.40. The van der Waals surface area contributed by atoms with E-state index < -0.39 is 23.5 Å². The first kappa shape index (κ1) is 19.1. The van der Waals surface area contributed by atoms with Crippen LogP contribution in [0.2, 0.25) is 0 Å². The molecule has 2 aromatic heterocycles. The molecule has 2 atom stereocenters. The fourth-order valence-corrected chi connectivity index (χ4v) is 3.57. The summed E-state index contributed by atoms with van der Waals surface area (Å²) in [5, 5.41) is 29.7. The molecule has 0 saturated carbocycles. The molecule has 9 nitrogen and oxygen atoms in total. The summed E-state index contributed by atoms with van der Waals surface area (Å²) in [5.74, 6) is 4.91. The van der Waals surface area contributed by atoms with Crippen LogP contribution < -0.4 is 5.32 Å². The average Bonchev–Trinajstić information content (AvgIpc) is 3.23. The Morgan fingerprint density at radius 1 is 1.48 bits per heavy atom. The van der Waals surface area contributed by atoms with E-state index in [1.807, 2.05) is 0 Å². The Hall–Kier alpha value is -3.22. The molecule has 2 amide bonds. The van der Waals surface area contributed by atoms with Crippen LogP contribution in [0.1, 0.15) is 40.2 Å². The van der Waals surface area contributed by atoms with Crippen LogP contribution in [0.15, 0.2) is 18.3 Å². The molecule has 1 aliphatic heterocycles. The maximum absolute atomic E-state index is 12.6. The molecule has 4 N–H and O–H groups in total. The molecule has 4 rings (SSSR count). The molecule has 1 saturated heterocycles. The predicted octanol–water partition coefficient (Wildman–Crippen LogP) is -0.149. The Morgan fingerprint density at radius 2 is 2.31 bits per heavy atom. The first-order valence-corrected chi connectivity index (χ1v) is 9.38. The summed E-state index contributed by atoms with van der Waals surface area (Å²) < 4.78 is 0. The number of fused-ring (bicyclic) bond motifs is 1. The smallest absolute Gasteiger partial charge is 0.277 e. The minimum atomic E-state index is -1.68. The van der Waals surface area contributed by atoms with Gasteiger partial charge in [0.1, 0.15) is 5.82 Å². The van der Waals surface area contributed by atoms with E-state index >= 15 is 0 Å². The highest BCUT2D eigenvalue weighted by Gasteiger charge is 2.42. The number of hydrogen-bond donors (Lipinski definition) is 4. The third-order valence-electron chi connectivity index (χ3n) is 5.26. The minimum Gasteiger partial charge on any atom is -0.393 e. The number of nitrogens with one attached hydrogen (secondary N) is 2. The predicted molar refractivity (Wildman–Crippen MR) is 103 cm³/mol. The normalized spacial score (nSPS) is 23.3. The van der Waals surface area contributed by atoms with Gasteiger partial charge in [0.15, 0.2) is 5.69 Å². The summed E-state index contributed by atoms with van der Waals surface area (Å²) in [6, 6.07) is 3.20. The molecular weight excluding hydrogens is 374 g/mol. The van der Waals surface area contributed by atoms with Crippen molar-refractivity contribution in [2.24, 2.45) is 0 Å². The van der Waals surface area contributed by atoms with E-state index in [1.54, 1.807) is 19.2 Å². The molecule has 1 aliphatic carbocycles. The Kier molecular flexibility index (Phi) is 4.82. The van der Waals surface area contributed by atoms with Crippen molar-refractivity contribution in [3.8, 4) is 11.8 Å². The number of likely N-dealkylation sites (N-methyl/N-ethyl adjacent to an activating group) is 1. The molecule has 2 aliphatic rings. The second kappa shape index (κ2) is 7.31. The van der Waals surface area contributed by atoms with Crippen molar-refractivity contribution in [3.05, 3.63) is 40.8 Å². The van der Waals surface area contributed by atoms with Gasteiger partial charge in [0.05, 0.1) is 6.10 Å². The highest BCUT2D eigenvalue weighted by atomic mass is 16.3. The van der Waals surface area contributed by atoms with Gasteiger partial charge in [-0.25, -0.2) is 4.98 Å². The van der Waals surface area contributed by atoms with E-state index in [-0.39, 0.29) is 12.2 Å². The van der Waals surface area contributed by atoms with Crippen LogP contribution in [0.3, 0.4) is 0 Å². The van der Waals surface area contributed by atoms with E-state index in [9.17, 15) is 19.8 Å². The standard InChI is InChI=1S/C20H21N5O4/c1-25-9-7-20(29,19(25)28)6-4-12-5-8-21-16(10-12)22-18(27)17-14-3-2-13(26)11-15(14)23-24-17/h5,8,10,13,26,29H,2-3,7,9,11H2,1H3,(H,23,24)(H,21,22,27)/t13-,20-/m0/s1. The van der Waals surface area contributed by atoms with Crippen molar-refractivity contribution in [2.45, 2.75) is 37.4 Å². The van der Waals surface area contributed by atoms with Gasteiger partial charge in [-0.3, -0.25) is 14.7 Å². The van der Waals surface area contributed by atoms with Gasteiger partial charge in [0.2, 0.25) is 5.60 Å². The molecule has 0 aromatic carbocycles. The molecule has 0 unspecified atom stereocenters. The fourth-order valence-electron chi connectivity index (χ4n) is 3.57. The average molecular weight is 395 g/mol. The van der Waals surface area contributed by atoms with Gasteiger partial charge in [-0.15, -0.1) is 0 Å². The number of carbonyl (C=O) groups excluding carboxylic acids is 2. The van der Waals surface area contributed by atoms with Gasteiger partial charge in [0.25, 0.3) is 11.8 Å². The lowest BCUT2D eigenvalue weighted by Crippen LogP contribution is -2.37. The molecule has 29 heavy (non-hydrogen) atoms. The van der Waals surface area contributed by atoms with Crippen LogP contribution in [-0.2, 0) is 17.6 Å². The van der Waals surface area contributed by atoms with Gasteiger partial charge >= 0.3 is 0 Å². The number of carbonyl (C=O) groups is 2. The topological polar surface area (TPSA) is 131 Å². The van der Waals surface area contributed by atoms with E-state index in [0.29, 0.717) is 37.1 Å². The van der Waals surface area contributed by atoms with Crippen LogP contribution >= 0.6 is 0 Å². The Morgan fingerprint density at radius 3 is 3.07 bits per heavy atom. The zero-order chi connectivity index (χ0) is 20.6. The number of pyridine rings is 1. The molecule has 0 bridgehead atoms. The number of anilines is 1. The zero-order valence-electron chi connectivity index (χ0n) is 15.9. The monoisotopic (exact) mass is 395 g/mol. The summed E-state index contributed by atoms with van der Waals surface area (Å²) in [5.41, 5.74) is 0.716. The number of aliphatic hydroxyl groups is 2. The lowest BCUT2D eigenvalue weighted by Gasteiger charge is -2.16. The molecule has 0 spiro atoms. The van der Waals surface area contributed by atoms with E-state index in [4.69, 9.17) is 0 Å². The van der Waals surface area contributed by atoms with Gasteiger partial charge < -0.3 is 20.4 Å². The van der Waals surface area contributed by atoms with Crippen molar-refractivity contribution in [1.29, 1.82) is 0 Å². The quantitative estimate of drug-likeness (QED) is 0.523. The van der Waals surface area contributed by atoms with Gasteiger partial charge in [-0.1, -0.05) is 11.8 Å². The molecule has 3 heterocycles. The van der Waals surface area contributed by atoms with Crippen molar-refractivity contribution >= 4 is 17.6 Å². The molecular formula is C20H21N5O4. The van der Waals surface area contributed by atoms with E-state index in [2.05, 4.69) is 32.3 Å². The van der Waals surface area contributed by atoms with Crippen LogP contribution in [-0.4, -0.2) is 67.4 Å². The molecule has 150 valence electrons. The third-order valence-corrected chi connectivity index (χ3v) is 5.26. The molecule has 0 radical (unpaired) electrons. The Balaban J connectivity index is 1.50. The largest absolute Gasteiger partial charge is 0.393 e. The number of amides is 2. The fraction of sp³-hybridized carbons (Fsp3) is 0.400. The maximum Gasteiger partial charge on any atom is 0.277 e. The van der Waals surface area contributed by atoms with Crippen LogP contribution in [0.5, 0.6) is 0 Å². The number of rotatable bonds is 2. The molecule has 2 aromatic rings. The Labute approximate surface area is 167 Å². The van der Waals surface area contributed by atoms with Crippen molar-refractivity contribution in [2.75, 3.05) is 18.9 Å². The Bertz CT molecular complexity index is 1040. The first-order valence-electron chi connectivity index (χ1n) is 9.38. The number of aliphatic hydroxyl groups excluding tert-OH is 1. The van der Waals surface area contributed by atoms with Gasteiger partial charge in [0, 0.05) is 49.5 Å². The second-order valence-corrected chi connectivity index (χ2v) is 7.40. The van der Waals surface area contributed by atoms with Crippen LogP contribution in [0.25, 0.3) is 0 Å². The van der Waals surface area contributed by atoms with E-state index in [0.717, 1.165) is 11.3 Å².